The van der Waals surface area contributed by atoms with Crippen LogP contribution in [0.4, 0.5) is 4.79 Å². The lowest BCUT2D eigenvalue weighted by atomic mass is 10.0. The Morgan fingerprint density at radius 1 is 1.08 bits per heavy atom. The van der Waals surface area contributed by atoms with E-state index in [2.05, 4.69) is 11.4 Å². The number of benzene rings is 1. The molecule has 0 aliphatic rings. The minimum atomic E-state index is -0.788. The number of carbonyl (C=O) groups excluding carboxylic acids is 2. The van der Waals surface area contributed by atoms with Crippen LogP contribution in [0.3, 0.4) is 0 Å². The monoisotopic (exact) mass is 335 g/mol. The Hall–Kier alpha value is -2.04. The molecule has 0 spiro atoms. The summed E-state index contributed by atoms with van der Waals surface area (Å²) in [6, 6.07) is 5.27. The summed E-state index contributed by atoms with van der Waals surface area (Å²) < 4.78 is 10.5. The molecule has 1 aromatic rings. The first-order chi connectivity index (χ1) is 11.0. The molecule has 5 heteroatoms. The van der Waals surface area contributed by atoms with Gasteiger partial charge in [-0.15, -0.1) is 0 Å². The van der Waals surface area contributed by atoms with Crippen LogP contribution in [0.1, 0.15) is 51.3 Å². The molecule has 0 saturated carbocycles. The van der Waals surface area contributed by atoms with Crippen LogP contribution in [-0.4, -0.2) is 29.8 Å². The molecule has 1 aromatic carbocycles. The van der Waals surface area contributed by atoms with Crippen molar-refractivity contribution in [2.75, 3.05) is 0 Å². The number of nitrogens with one attached hydrogen (secondary N) is 1. The van der Waals surface area contributed by atoms with Crippen LogP contribution >= 0.6 is 0 Å². The summed E-state index contributed by atoms with van der Waals surface area (Å²) in [6.45, 7) is 12.9. The fraction of sp³-hybridized carbons (Fsp3) is 0.579. The maximum atomic E-state index is 12.3. The van der Waals surface area contributed by atoms with E-state index >= 15 is 0 Å². The highest BCUT2D eigenvalue weighted by atomic mass is 16.6. The van der Waals surface area contributed by atoms with Gasteiger partial charge in [-0.25, -0.2) is 9.59 Å². The molecular weight excluding hydrogens is 306 g/mol. The minimum Gasteiger partial charge on any atom is -0.461 e. The topological polar surface area (TPSA) is 64.6 Å². The van der Waals surface area contributed by atoms with Gasteiger partial charge in [0.15, 0.2) is 0 Å². The third-order valence-corrected chi connectivity index (χ3v) is 3.05. The molecule has 0 aromatic heterocycles. The molecule has 0 unspecified atom stereocenters. The molecule has 0 saturated heterocycles. The Kier molecular flexibility index (Phi) is 6.81. The SMILES string of the molecule is Cc1cc(C)cc(C[C@@H](NC(=O)OC(C)(C)C)C(=O)OC(C)C)c1. The molecule has 0 heterocycles. The van der Waals surface area contributed by atoms with E-state index in [-0.39, 0.29) is 6.10 Å². The number of hydrogen-bond acceptors (Lipinski definition) is 4. The summed E-state index contributed by atoms with van der Waals surface area (Å²) in [7, 11) is 0. The summed E-state index contributed by atoms with van der Waals surface area (Å²) >= 11 is 0. The van der Waals surface area contributed by atoms with Crippen molar-refractivity contribution in [2.45, 2.75) is 72.6 Å². The molecule has 0 aliphatic carbocycles. The van der Waals surface area contributed by atoms with Gasteiger partial charge in [0.25, 0.3) is 0 Å². The maximum Gasteiger partial charge on any atom is 0.408 e. The van der Waals surface area contributed by atoms with Crippen molar-refractivity contribution in [3.8, 4) is 0 Å². The third kappa shape index (κ3) is 7.49. The summed E-state index contributed by atoms with van der Waals surface area (Å²) in [5.74, 6) is -0.463. The number of hydrogen-bond donors (Lipinski definition) is 1. The summed E-state index contributed by atoms with van der Waals surface area (Å²) in [6.07, 6.45) is -0.523. The molecule has 24 heavy (non-hydrogen) atoms. The second kappa shape index (κ2) is 8.18. The molecule has 0 fully saturated rings. The van der Waals surface area contributed by atoms with E-state index in [1.54, 1.807) is 34.6 Å². The van der Waals surface area contributed by atoms with Gasteiger partial charge in [-0.3, -0.25) is 0 Å². The fourth-order valence-corrected chi connectivity index (χ4v) is 2.38. The van der Waals surface area contributed by atoms with Crippen molar-refractivity contribution in [1.29, 1.82) is 0 Å². The van der Waals surface area contributed by atoms with E-state index in [4.69, 9.17) is 9.47 Å². The maximum absolute atomic E-state index is 12.3. The highest BCUT2D eigenvalue weighted by Gasteiger charge is 2.26. The van der Waals surface area contributed by atoms with E-state index < -0.39 is 23.7 Å². The predicted octanol–water partition coefficient (Wildman–Crippen LogP) is 3.69. The van der Waals surface area contributed by atoms with E-state index in [1.807, 2.05) is 26.0 Å². The van der Waals surface area contributed by atoms with Gasteiger partial charge in [0.2, 0.25) is 0 Å². The smallest absolute Gasteiger partial charge is 0.408 e. The van der Waals surface area contributed by atoms with Gasteiger partial charge < -0.3 is 14.8 Å². The highest BCUT2D eigenvalue weighted by Crippen LogP contribution is 2.13. The molecule has 1 atom stereocenters. The first kappa shape index (κ1) is 20.0. The van der Waals surface area contributed by atoms with Gasteiger partial charge in [0.05, 0.1) is 6.10 Å². The van der Waals surface area contributed by atoms with Crippen molar-refractivity contribution in [2.24, 2.45) is 0 Å². The molecule has 134 valence electrons. The van der Waals surface area contributed by atoms with Crippen molar-refractivity contribution >= 4 is 12.1 Å². The number of amides is 1. The van der Waals surface area contributed by atoms with Gasteiger partial charge in [0.1, 0.15) is 11.6 Å². The zero-order valence-corrected chi connectivity index (χ0v) is 15.7. The number of ether oxygens (including phenoxy) is 2. The molecule has 1 rings (SSSR count). The van der Waals surface area contributed by atoms with Gasteiger partial charge in [0, 0.05) is 6.42 Å². The molecule has 0 bridgehead atoms. The van der Waals surface area contributed by atoms with Crippen molar-refractivity contribution in [3.05, 3.63) is 34.9 Å². The van der Waals surface area contributed by atoms with Crippen LogP contribution in [0.15, 0.2) is 18.2 Å². The molecule has 1 N–H and O–H groups in total. The summed E-state index contributed by atoms with van der Waals surface area (Å²) in [5, 5.41) is 2.63. The first-order valence-corrected chi connectivity index (χ1v) is 8.23. The van der Waals surface area contributed by atoms with Crippen molar-refractivity contribution in [3.63, 3.8) is 0 Å². The van der Waals surface area contributed by atoms with E-state index in [1.165, 1.54) is 0 Å². The molecule has 0 aliphatic heterocycles. The first-order valence-electron chi connectivity index (χ1n) is 8.23. The van der Waals surface area contributed by atoms with E-state index in [9.17, 15) is 9.59 Å². The standard InChI is InChI=1S/C19H29NO4/c1-12(2)23-17(21)16(20-18(22)24-19(5,6)7)11-15-9-13(3)8-14(4)10-15/h8-10,12,16H,11H2,1-7H3,(H,20,22)/t16-/m1/s1. The van der Waals surface area contributed by atoms with Crippen molar-refractivity contribution in [1.82, 2.24) is 5.32 Å². The number of aryl methyl sites for hydroxylation is 2. The highest BCUT2D eigenvalue weighted by molar-refractivity contribution is 5.82. The summed E-state index contributed by atoms with van der Waals surface area (Å²) in [4.78, 5) is 24.4. The zero-order chi connectivity index (χ0) is 18.5. The normalized spacial score (nSPS) is 12.7. The van der Waals surface area contributed by atoms with Crippen LogP contribution in [0, 0.1) is 13.8 Å². The quantitative estimate of drug-likeness (QED) is 0.834. The Morgan fingerprint density at radius 2 is 1.62 bits per heavy atom. The second-order valence-electron chi connectivity index (χ2n) is 7.38. The number of rotatable bonds is 5. The van der Waals surface area contributed by atoms with Crippen LogP contribution in [0.5, 0.6) is 0 Å². The molecule has 5 nitrogen and oxygen atoms in total. The Labute approximate surface area is 144 Å². The lowest BCUT2D eigenvalue weighted by Gasteiger charge is -2.23. The molecule has 0 radical (unpaired) electrons. The third-order valence-electron chi connectivity index (χ3n) is 3.05. The van der Waals surface area contributed by atoms with Crippen LogP contribution < -0.4 is 5.32 Å². The van der Waals surface area contributed by atoms with E-state index in [0.717, 1.165) is 16.7 Å². The zero-order valence-electron chi connectivity index (χ0n) is 15.7. The van der Waals surface area contributed by atoms with Gasteiger partial charge in [-0.1, -0.05) is 29.3 Å². The predicted molar refractivity (Wildman–Crippen MR) is 94.0 cm³/mol. The van der Waals surface area contributed by atoms with Gasteiger partial charge in [-0.05, 0) is 54.0 Å². The van der Waals surface area contributed by atoms with Gasteiger partial charge >= 0.3 is 12.1 Å². The molecule has 1 amide bonds. The Balaban J connectivity index is 2.92. The number of esters is 1. The fourth-order valence-electron chi connectivity index (χ4n) is 2.38. The van der Waals surface area contributed by atoms with Gasteiger partial charge in [-0.2, -0.15) is 0 Å². The van der Waals surface area contributed by atoms with Crippen LogP contribution in [-0.2, 0) is 20.7 Å². The Morgan fingerprint density at radius 3 is 2.08 bits per heavy atom. The Bertz CT molecular complexity index is 567. The average Bonchev–Trinajstić information content (AvgIpc) is 2.33. The van der Waals surface area contributed by atoms with Crippen LogP contribution in [0.25, 0.3) is 0 Å². The number of carbonyl (C=O) groups is 2. The number of alkyl carbamates (subject to hydrolysis) is 1. The summed E-state index contributed by atoms with van der Waals surface area (Å²) in [5.41, 5.74) is 2.56. The average molecular weight is 335 g/mol. The lowest BCUT2D eigenvalue weighted by Crippen LogP contribution is -2.46. The lowest BCUT2D eigenvalue weighted by molar-refractivity contribution is -0.149. The largest absolute Gasteiger partial charge is 0.461 e. The van der Waals surface area contributed by atoms with Crippen molar-refractivity contribution < 1.29 is 19.1 Å². The second-order valence-corrected chi connectivity index (χ2v) is 7.38. The van der Waals surface area contributed by atoms with Crippen LogP contribution in [0.2, 0.25) is 0 Å². The minimum absolute atomic E-state index is 0.250. The van der Waals surface area contributed by atoms with E-state index in [0.29, 0.717) is 6.42 Å². The molecular formula is C19H29NO4.